The molecular formula is C20H38O4. The Labute approximate surface area is 148 Å². The van der Waals surface area contributed by atoms with Gasteiger partial charge in [-0.3, -0.25) is 9.59 Å². The molecule has 0 heterocycles. The summed E-state index contributed by atoms with van der Waals surface area (Å²) < 4.78 is 10.7. The van der Waals surface area contributed by atoms with Crippen molar-refractivity contribution in [2.75, 3.05) is 13.2 Å². The molecule has 0 aromatic carbocycles. The summed E-state index contributed by atoms with van der Waals surface area (Å²) in [5.41, 5.74) is -1.13. The van der Waals surface area contributed by atoms with Crippen molar-refractivity contribution in [1.29, 1.82) is 0 Å². The van der Waals surface area contributed by atoms with Gasteiger partial charge in [-0.25, -0.2) is 0 Å². The lowest BCUT2D eigenvalue weighted by Gasteiger charge is -2.26. The van der Waals surface area contributed by atoms with Crippen molar-refractivity contribution in [3.8, 4) is 0 Å². The first-order valence-electron chi connectivity index (χ1n) is 9.93. The molecular weight excluding hydrogens is 304 g/mol. The van der Waals surface area contributed by atoms with Crippen LogP contribution in [0.25, 0.3) is 0 Å². The van der Waals surface area contributed by atoms with Crippen molar-refractivity contribution in [2.24, 2.45) is 5.41 Å². The monoisotopic (exact) mass is 342 g/mol. The largest absolute Gasteiger partial charge is 0.465 e. The van der Waals surface area contributed by atoms with Crippen LogP contribution in [0.15, 0.2) is 0 Å². The highest BCUT2D eigenvalue weighted by molar-refractivity contribution is 5.99. The molecule has 0 aromatic heterocycles. The summed E-state index contributed by atoms with van der Waals surface area (Å²) in [7, 11) is 0. The van der Waals surface area contributed by atoms with Gasteiger partial charge < -0.3 is 9.47 Å². The molecule has 0 aliphatic rings. The number of esters is 2. The van der Waals surface area contributed by atoms with Crippen LogP contribution in [0.1, 0.15) is 98.3 Å². The van der Waals surface area contributed by atoms with Crippen molar-refractivity contribution in [3.05, 3.63) is 0 Å². The van der Waals surface area contributed by atoms with Gasteiger partial charge in [-0.05, 0) is 25.7 Å². The third-order valence-electron chi connectivity index (χ3n) is 4.70. The normalized spacial score (nSPS) is 11.3. The summed E-state index contributed by atoms with van der Waals surface area (Å²) in [6, 6.07) is 0. The molecule has 4 heteroatoms. The Balaban J connectivity index is 4.21. The van der Waals surface area contributed by atoms with Crippen LogP contribution in [0.4, 0.5) is 0 Å². The molecule has 0 radical (unpaired) electrons. The molecule has 142 valence electrons. The van der Waals surface area contributed by atoms with E-state index in [1.165, 1.54) is 32.1 Å². The van der Waals surface area contributed by atoms with E-state index in [9.17, 15) is 9.59 Å². The van der Waals surface area contributed by atoms with Gasteiger partial charge in [-0.2, -0.15) is 0 Å². The smallest absolute Gasteiger partial charge is 0.323 e. The van der Waals surface area contributed by atoms with Crippen LogP contribution < -0.4 is 0 Å². The van der Waals surface area contributed by atoms with Crippen molar-refractivity contribution in [1.82, 2.24) is 0 Å². The Kier molecular flexibility index (Phi) is 13.7. The minimum absolute atomic E-state index is 0.377. The summed E-state index contributed by atoms with van der Waals surface area (Å²) in [5.74, 6) is -0.842. The lowest BCUT2D eigenvalue weighted by atomic mass is 9.82. The summed E-state index contributed by atoms with van der Waals surface area (Å²) in [4.78, 5) is 24.8. The Bertz CT molecular complexity index is 335. The molecule has 0 atom stereocenters. The summed E-state index contributed by atoms with van der Waals surface area (Å²) >= 11 is 0. The van der Waals surface area contributed by atoms with E-state index in [2.05, 4.69) is 6.92 Å². The van der Waals surface area contributed by atoms with Gasteiger partial charge in [0.25, 0.3) is 0 Å². The molecule has 0 spiro atoms. The third-order valence-corrected chi connectivity index (χ3v) is 4.70. The number of unbranched alkanes of at least 4 members (excludes halogenated alkanes) is 7. The molecule has 0 aliphatic heterocycles. The molecule has 0 saturated heterocycles. The van der Waals surface area contributed by atoms with Crippen LogP contribution in [-0.2, 0) is 19.1 Å². The fraction of sp³-hybridized carbons (Fsp3) is 0.900. The summed E-state index contributed by atoms with van der Waals surface area (Å²) in [6.07, 6.45) is 10.8. The SMILES string of the molecule is CCCCCCCCCOC(=O)C(CC)(CC)C(=O)OCCCC. The molecule has 0 amide bonds. The standard InChI is InChI=1S/C20H38O4/c1-5-9-11-12-13-14-15-17-24-19(22)20(7-3,8-4)18(21)23-16-10-6-2/h5-17H2,1-4H3. The fourth-order valence-corrected chi connectivity index (χ4v) is 2.72. The zero-order chi connectivity index (χ0) is 18.3. The highest BCUT2D eigenvalue weighted by atomic mass is 16.6. The van der Waals surface area contributed by atoms with Gasteiger partial charge in [-0.1, -0.05) is 72.6 Å². The maximum absolute atomic E-state index is 12.5. The van der Waals surface area contributed by atoms with Gasteiger partial charge in [0.2, 0.25) is 0 Å². The van der Waals surface area contributed by atoms with Crippen LogP contribution in [0.5, 0.6) is 0 Å². The van der Waals surface area contributed by atoms with Gasteiger partial charge >= 0.3 is 11.9 Å². The van der Waals surface area contributed by atoms with Gasteiger partial charge in [-0.15, -0.1) is 0 Å². The number of ether oxygens (including phenoxy) is 2. The Hall–Kier alpha value is -1.06. The first-order valence-corrected chi connectivity index (χ1v) is 9.93. The van der Waals surface area contributed by atoms with E-state index in [-0.39, 0.29) is 0 Å². The van der Waals surface area contributed by atoms with E-state index in [1.807, 2.05) is 20.8 Å². The molecule has 0 N–H and O–H groups in total. The first-order chi connectivity index (χ1) is 11.6. The molecule has 0 bridgehead atoms. The van der Waals surface area contributed by atoms with Gasteiger partial charge in [0, 0.05) is 0 Å². The van der Waals surface area contributed by atoms with Crippen molar-refractivity contribution >= 4 is 11.9 Å². The van der Waals surface area contributed by atoms with Crippen molar-refractivity contribution in [2.45, 2.75) is 98.3 Å². The first kappa shape index (κ1) is 22.9. The Morgan fingerprint density at radius 3 is 1.50 bits per heavy atom. The highest BCUT2D eigenvalue weighted by Gasteiger charge is 2.45. The van der Waals surface area contributed by atoms with Gasteiger partial charge in [0.05, 0.1) is 13.2 Å². The van der Waals surface area contributed by atoms with E-state index in [0.29, 0.717) is 26.1 Å². The maximum atomic E-state index is 12.5. The minimum Gasteiger partial charge on any atom is -0.465 e. The van der Waals surface area contributed by atoms with Crippen molar-refractivity contribution < 1.29 is 19.1 Å². The maximum Gasteiger partial charge on any atom is 0.323 e. The molecule has 0 aromatic rings. The fourth-order valence-electron chi connectivity index (χ4n) is 2.72. The average molecular weight is 343 g/mol. The van der Waals surface area contributed by atoms with Crippen LogP contribution >= 0.6 is 0 Å². The second-order valence-electron chi connectivity index (χ2n) is 6.54. The van der Waals surface area contributed by atoms with Crippen LogP contribution in [0.2, 0.25) is 0 Å². The Morgan fingerprint density at radius 2 is 1.04 bits per heavy atom. The topological polar surface area (TPSA) is 52.6 Å². The number of carbonyl (C=O) groups excluding carboxylic acids is 2. The minimum atomic E-state index is -1.13. The van der Waals surface area contributed by atoms with E-state index < -0.39 is 17.4 Å². The lowest BCUT2D eigenvalue weighted by Crippen LogP contribution is -2.41. The molecule has 4 nitrogen and oxygen atoms in total. The molecule has 0 unspecified atom stereocenters. The lowest BCUT2D eigenvalue weighted by molar-refractivity contribution is -0.173. The second kappa shape index (κ2) is 14.3. The van der Waals surface area contributed by atoms with E-state index in [4.69, 9.17) is 9.47 Å². The van der Waals surface area contributed by atoms with E-state index in [1.54, 1.807) is 0 Å². The van der Waals surface area contributed by atoms with Crippen LogP contribution in [0, 0.1) is 5.41 Å². The number of hydrogen-bond donors (Lipinski definition) is 0. The zero-order valence-electron chi connectivity index (χ0n) is 16.3. The molecule has 24 heavy (non-hydrogen) atoms. The van der Waals surface area contributed by atoms with Crippen LogP contribution in [0.3, 0.4) is 0 Å². The molecule has 0 rings (SSSR count). The number of hydrogen-bond acceptors (Lipinski definition) is 4. The molecule has 0 saturated carbocycles. The van der Waals surface area contributed by atoms with Gasteiger partial charge in [0.15, 0.2) is 5.41 Å². The second-order valence-corrected chi connectivity index (χ2v) is 6.54. The predicted octanol–water partition coefficient (Wildman–Crippen LogP) is 5.43. The predicted molar refractivity (Wildman–Crippen MR) is 97.8 cm³/mol. The molecule has 0 aliphatic carbocycles. The summed E-state index contributed by atoms with van der Waals surface area (Å²) in [6.45, 7) is 8.72. The van der Waals surface area contributed by atoms with Gasteiger partial charge in [0.1, 0.15) is 0 Å². The highest BCUT2D eigenvalue weighted by Crippen LogP contribution is 2.30. The average Bonchev–Trinajstić information content (AvgIpc) is 2.59. The van der Waals surface area contributed by atoms with Crippen LogP contribution in [-0.4, -0.2) is 25.2 Å². The molecule has 0 fully saturated rings. The number of carbonyl (C=O) groups is 2. The summed E-state index contributed by atoms with van der Waals surface area (Å²) in [5, 5.41) is 0. The third kappa shape index (κ3) is 8.16. The van der Waals surface area contributed by atoms with E-state index >= 15 is 0 Å². The Morgan fingerprint density at radius 1 is 0.625 bits per heavy atom. The van der Waals surface area contributed by atoms with Crippen molar-refractivity contribution in [3.63, 3.8) is 0 Å². The zero-order valence-corrected chi connectivity index (χ0v) is 16.3. The number of rotatable bonds is 15. The van der Waals surface area contributed by atoms with E-state index in [0.717, 1.165) is 25.7 Å². The quantitative estimate of drug-likeness (QED) is 0.226.